The summed E-state index contributed by atoms with van der Waals surface area (Å²) in [5.41, 5.74) is 7.03. The number of Topliss-reactive ketones (excluding diaryl/α,β-unsaturated/α-hetero) is 1. The van der Waals surface area contributed by atoms with Crippen molar-refractivity contribution in [3.05, 3.63) is 65.7 Å². The van der Waals surface area contributed by atoms with Crippen molar-refractivity contribution in [1.82, 2.24) is 4.31 Å². The largest absolute Gasteiger partial charge is 0.329 e. The first kappa shape index (κ1) is 18.3. The number of hydrogen-bond acceptors (Lipinski definition) is 4. The van der Waals surface area contributed by atoms with Crippen LogP contribution in [-0.2, 0) is 16.4 Å². The SMILES string of the molecule is CC(=O)c1cccc(S(=O)(=O)N(CCN)CCc2ccccc2)c1. The fourth-order valence-corrected chi connectivity index (χ4v) is 3.92. The molecule has 0 saturated heterocycles. The third-order valence-corrected chi connectivity index (χ3v) is 5.64. The molecule has 0 unspecified atom stereocenters. The molecule has 0 saturated carbocycles. The molecule has 0 fully saturated rings. The van der Waals surface area contributed by atoms with E-state index in [1.165, 1.54) is 23.4 Å². The maximum Gasteiger partial charge on any atom is 0.243 e. The van der Waals surface area contributed by atoms with Crippen molar-refractivity contribution in [2.45, 2.75) is 18.2 Å². The van der Waals surface area contributed by atoms with Gasteiger partial charge in [0.05, 0.1) is 4.90 Å². The van der Waals surface area contributed by atoms with Gasteiger partial charge in [-0.3, -0.25) is 4.79 Å². The Labute approximate surface area is 143 Å². The second-order valence-corrected chi connectivity index (χ2v) is 7.45. The molecule has 0 spiro atoms. The monoisotopic (exact) mass is 346 g/mol. The Hall–Kier alpha value is -2.02. The number of hydrogen-bond donors (Lipinski definition) is 1. The molecule has 2 aromatic carbocycles. The minimum atomic E-state index is -3.69. The Balaban J connectivity index is 2.24. The van der Waals surface area contributed by atoms with Crippen molar-refractivity contribution in [3.8, 4) is 0 Å². The van der Waals surface area contributed by atoms with Gasteiger partial charge in [0.2, 0.25) is 10.0 Å². The van der Waals surface area contributed by atoms with Crippen LogP contribution >= 0.6 is 0 Å². The second-order valence-electron chi connectivity index (χ2n) is 5.51. The Bertz CT molecular complexity index is 789. The molecular formula is C18H22N2O3S. The normalized spacial score (nSPS) is 11.6. The van der Waals surface area contributed by atoms with Gasteiger partial charge in [0.25, 0.3) is 0 Å². The average Bonchev–Trinajstić information content (AvgIpc) is 2.59. The van der Waals surface area contributed by atoms with Gasteiger partial charge in [-0.15, -0.1) is 0 Å². The standard InChI is InChI=1S/C18H22N2O3S/c1-15(21)17-8-5-9-18(14-17)24(22,23)20(13-11-19)12-10-16-6-3-2-4-7-16/h2-9,14H,10-13,19H2,1H3. The van der Waals surface area contributed by atoms with Crippen LogP contribution in [0.15, 0.2) is 59.5 Å². The summed E-state index contributed by atoms with van der Waals surface area (Å²) in [6.07, 6.45) is 0.604. The van der Waals surface area contributed by atoms with Gasteiger partial charge in [-0.05, 0) is 31.0 Å². The minimum Gasteiger partial charge on any atom is -0.329 e. The number of carbonyl (C=O) groups excluding carboxylic acids is 1. The van der Waals surface area contributed by atoms with Crippen molar-refractivity contribution >= 4 is 15.8 Å². The number of nitrogens with two attached hydrogens (primary N) is 1. The highest BCUT2D eigenvalue weighted by atomic mass is 32.2. The lowest BCUT2D eigenvalue weighted by atomic mass is 10.1. The lowest BCUT2D eigenvalue weighted by Gasteiger charge is -2.22. The maximum absolute atomic E-state index is 12.9. The van der Waals surface area contributed by atoms with Crippen molar-refractivity contribution in [3.63, 3.8) is 0 Å². The first-order valence-corrected chi connectivity index (χ1v) is 9.24. The maximum atomic E-state index is 12.9. The number of benzene rings is 2. The van der Waals surface area contributed by atoms with Gasteiger partial charge < -0.3 is 5.73 Å². The molecule has 0 aliphatic carbocycles. The number of carbonyl (C=O) groups is 1. The Kier molecular flexibility index (Phi) is 6.25. The lowest BCUT2D eigenvalue weighted by molar-refractivity contribution is 0.101. The molecule has 0 atom stereocenters. The topological polar surface area (TPSA) is 80.5 Å². The van der Waals surface area contributed by atoms with Gasteiger partial charge in [-0.25, -0.2) is 8.42 Å². The quantitative estimate of drug-likeness (QED) is 0.742. The highest BCUT2D eigenvalue weighted by Crippen LogP contribution is 2.18. The fourth-order valence-electron chi connectivity index (χ4n) is 2.42. The highest BCUT2D eigenvalue weighted by molar-refractivity contribution is 7.89. The third-order valence-electron chi connectivity index (χ3n) is 3.75. The average molecular weight is 346 g/mol. The van der Waals surface area contributed by atoms with E-state index in [0.717, 1.165) is 5.56 Å². The molecule has 24 heavy (non-hydrogen) atoms. The molecule has 6 heteroatoms. The molecule has 0 aliphatic rings. The van der Waals surface area contributed by atoms with Crippen LogP contribution in [-0.4, -0.2) is 38.1 Å². The van der Waals surface area contributed by atoms with E-state index >= 15 is 0 Å². The van der Waals surface area contributed by atoms with E-state index in [2.05, 4.69) is 0 Å². The fraction of sp³-hybridized carbons (Fsp3) is 0.278. The lowest BCUT2D eigenvalue weighted by Crippen LogP contribution is -2.37. The van der Waals surface area contributed by atoms with Crippen LogP contribution in [0.1, 0.15) is 22.8 Å². The predicted molar refractivity (Wildman–Crippen MR) is 94.4 cm³/mol. The van der Waals surface area contributed by atoms with Crippen molar-refractivity contribution in [2.75, 3.05) is 19.6 Å². The summed E-state index contributed by atoms with van der Waals surface area (Å²) in [5.74, 6) is -0.165. The van der Waals surface area contributed by atoms with Crippen molar-refractivity contribution < 1.29 is 13.2 Å². The van der Waals surface area contributed by atoms with Crippen LogP contribution in [0, 0.1) is 0 Å². The van der Waals surface area contributed by atoms with E-state index in [-0.39, 0.29) is 23.8 Å². The zero-order valence-corrected chi connectivity index (χ0v) is 14.5. The van der Waals surface area contributed by atoms with Crippen molar-refractivity contribution in [2.24, 2.45) is 5.73 Å². The minimum absolute atomic E-state index is 0.122. The van der Waals surface area contributed by atoms with Crippen LogP contribution in [0.25, 0.3) is 0 Å². The highest BCUT2D eigenvalue weighted by Gasteiger charge is 2.24. The van der Waals surface area contributed by atoms with Crippen LogP contribution in [0.3, 0.4) is 0 Å². The molecule has 128 valence electrons. The second kappa shape index (κ2) is 8.19. The summed E-state index contributed by atoms with van der Waals surface area (Å²) in [5, 5.41) is 0. The van der Waals surface area contributed by atoms with E-state index in [1.54, 1.807) is 12.1 Å². The first-order valence-electron chi connectivity index (χ1n) is 7.80. The van der Waals surface area contributed by atoms with Crippen LogP contribution in [0.2, 0.25) is 0 Å². The Morgan fingerprint density at radius 1 is 1.04 bits per heavy atom. The molecule has 0 bridgehead atoms. The zero-order chi connectivity index (χ0) is 17.6. The van der Waals surface area contributed by atoms with E-state index in [9.17, 15) is 13.2 Å². The van der Waals surface area contributed by atoms with E-state index in [0.29, 0.717) is 18.5 Å². The Morgan fingerprint density at radius 3 is 2.38 bits per heavy atom. The van der Waals surface area contributed by atoms with Gasteiger partial charge >= 0.3 is 0 Å². The molecule has 2 aromatic rings. The van der Waals surface area contributed by atoms with E-state index in [1.807, 2.05) is 30.3 Å². The third kappa shape index (κ3) is 4.50. The van der Waals surface area contributed by atoms with Crippen LogP contribution in [0.4, 0.5) is 0 Å². The van der Waals surface area contributed by atoms with E-state index in [4.69, 9.17) is 5.73 Å². The molecule has 0 aromatic heterocycles. The summed E-state index contributed by atoms with van der Waals surface area (Å²) < 4.78 is 27.1. The zero-order valence-electron chi connectivity index (χ0n) is 13.7. The van der Waals surface area contributed by atoms with Crippen LogP contribution in [0.5, 0.6) is 0 Å². The summed E-state index contributed by atoms with van der Waals surface area (Å²) in [7, 11) is -3.69. The molecule has 0 amide bonds. The number of sulfonamides is 1. The number of nitrogens with zero attached hydrogens (tertiary/aromatic N) is 1. The number of ketones is 1. The first-order chi connectivity index (χ1) is 11.4. The molecule has 0 heterocycles. The van der Waals surface area contributed by atoms with Gasteiger partial charge in [0, 0.05) is 25.2 Å². The summed E-state index contributed by atoms with van der Waals surface area (Å²) >= 11 is 0. The molecule has 2 rings (SSSR count). The molecule has 0 radical (unpaired) electrons. The summed E-state index contributed by atoms with van der Waals surface area (Å²) in [6.45, 7) is 2.23. The van der Waals surface area contributed by atoms with Gasteiger partial charge in [-0.2, -0.15) is 4.31 Å². The van der Waals surface area contributed by atoms with E-state index < -0.39 is 10.0 Å². The van der Waals surface area contributed by atoms with Gasteiger partial charge in [0.15, 0.2) is 5.78 Å². The predicted octanol–water partition coefficient (Wildman–Crippen LogP) is 2.08. The summed E-state index contributed by atoms with van der Waals surface area (Å²) in [6, 6.07) is 15.8. The van der Waals surface area contributed by atoms with Crippen molar-refractivity contribution in [1.29, 1.82) is 0 Å². The van der Waals surface area contributed by atoms with Gasteiger partial charge in [-0.1, -0.05) is 42.5 Å². The smallest absolute Gasteiger partial charge is 0.243 e. The summed E-state index contributed by atoms with van der Waals surface area (Å²) in [4.78, 5) is 11.6. The van der Waals surface area contributed by atoms with Gasteiger partial charge in [0.1, 0.15) is 0 Å². The van der Waals surface area contributed by atoms with Crippen LogP contribution < -0.4 is 5.73 Å². The molecular weight excluding hydrogens is 324 g/mol. The number of rotatable bonds is 8. The Morgan fingerprint density at radius 2 is 1.75 bits per heavy atom. The molecule has 0 aliphatic heterocycles. The molecule has 5 nitrogen and oxygen atoms in total. The molecule has 2 N–H and O–H groups in total.